The van der Waals surface area contributed by atoms with Gasteiger partial charge in [-0.3, -0.25) is 0 Å². The molecular formula is C23H20ClFN6O. The van der Waals surface area contributed by atoms with Crippen LogP contribution in [0.15, 0.2) is 42.6 Å². The van der Waals surface area contributed by atoms with Gasteiger partial charge in [0.15, 0.2) is 5.65 Å². The van der Waals surface area contributed by atoms with E-state index in [2.05, 4.69) is 15.2 Å². The third-order valence-corrected chi connectivity index (χ3v) is 5.63. The van der Waals surface area contributed by atoms with E-state index >= 15 is 0 Å². The van der Waals surface area contributed by atoms with Gasteiger partial charge >= 0.3 is 0 Å². The highest BCUT2D eigenvalue weighted by Gasteiger charge is 2.26. The van der Waals surface area contributed by atoms with E-state index in [0.717, 1.165) is 17.0 Å². The summed E-state index contributed by atoms with van der Waals surface area (Å²) < 4.78 is 20.8. The summed E-state index contributed by atoms with van der Waals surface area (Å²) in [6, 6.07) is 10.3. The van der Waals surface area contributed by atoms with Gasteiger partial charge in [0, 0.05) is 33.8 Å². The molecule has 1 aromatic carbocycles. The highest BCUT2D eigenvalue weighted by Crippen LogP contribution is 2.32. The standard InChI is InChI=1S/C23H20ClFN6O/c1-13-3-5-18-21(17-6-4-16(24)10-19(17)25)28-23(29-22(18)27-13)31-7-8-32-20(12-31)15-9-14(2)30-26-11-15/h3-6,9-11,20H,7-8,12H2,1-2H3/t20-/m0/s1. The Morgan fingerprint density at radius 3 is 2.75 bits per heavy atom. The summed E-state index contributed by atoms with van der Waals surface area (Å²) in [5.74, 6) is 0.0363. The van der Waals surface area contributed by atoms with Gasteiger partial charge in [0.2, 0.25) is 5.95 Å². The second-order valence-corrected chi connectivity index (χ2v) is 8.19. The zero-order valence-corrected chi connectivity index (χ0v) is 18.3. The maximum atomic E-state index is 14.8. The lowest BCUT2D eigenvalue weighted by atomic mass is 10.1. The van der Waals surface area contributed by atoms with Crippen molar-refractivity contribution in [2.75, 3.05) is 24.6 Å². The molecule has 0 bridgehead atoms. The molecule has 0 radical (unpaired) electrons. The molecule has 0 N–H and O–H groups in total. The van der Waals surface area contributed by atoms with Crippen LogP contribution in [-0.2, 0) is 4.74 Å². The fraction of sp³-hybridized carbons (Fsp3) is 0.261. The number of hydrogen-bond donors (Lipinski definition) is 0. The minimum atomic E-state index is -0.442. The number of hydrogen-bond acceptors (Lipinski definition) is 7. The Bertz CT molecular complexity index is 1320. The summed E-state index contributed by atoms with van der Waals surface area (Å²) in [6.07, 6.45) is 1.51. The Balaban J connectivity index is 1.59. The molecule has 0 amide bonds. The molecule has 1 aliphatic heterocycles. The zero-order valence-electron chi connectivity index (χ0n) is 17.6. The lowest BCUT2D eigenvalue weighted by Crippen LogP contribution is -2.39. The summed E-state index contributed by atoms with van der Waals surface area (Å²) in [5, 5.41) is 9.06. The summed E-state index contributed by atoms with van der Waals surface area (Å²) in [5.41, 5.74) is 3.95. The van der Waals surface area contributed by atoms with Gasteiger partial charge in [-0.15, -0.1) is 0 Å². The predicted octanol–water partition coefficient (Wildman–Crippen LogP) is 4.47. The largest absolute Gasteiger partial charge is 0.370 e. The van der Waals surface area contributed by atoms with Gasteiger partial charge in [0.05, 0.1) is 30.7 Å². The smallest absolute Gasteiger partial charge is 0.228 e. The molecule has 0 saturated carbocycles. The van der Waals surface area contributed by atoms with Crippen molar-refractivity contribution in [1.82, 2.24) is 25.1 Å². The van der Waals surface area contributed by atoms with Crippen LogP contribution in [0.4, 0.5) is 10.3 Å². The average molecular weight is 451 g/mol. The molecule has 1 saturated heterocycles. The average Bonchev–Trinajstić information content (AvgIpc) is 2.78. The van der Waals surface area contributed by atoms with Crippen molar-refractivity contribution >= 4 is 28.6 Å². The second kappa shape index (κ2) is 8.37. The molecule has 0 spiro atoms. The van der Waals surface area contributed by atoms with Crippen molar-refractivity contribution < 1.29 is 9.13 Å². The van der Waals surface area contributed by atoms with E-state index in [9.17, 15) is 4.39 Å². The van der Waals surface area contributed by atoms with E-state index in [0.29, 0.717) is 53.0 Å². The van der Waals surface area contributed by atoms with Crippen molar-refractivity contribution in [3.63, 3.8) is 0 Å². The third-order valence-electron chi connectivity index (χ3n) is 5.39. The minimum Gasteiger partial charge on any atom is -0.370 e. The lowest BCUT2D eigenvalue weighted by molar-refractivity contribution is 0.0389. The summed E-state index contributed by atoms with van der Waals surface area (Å²) >= 11 is 5.97. The van der Waals surface area contributed by atoms with Crippen molar-refractivity contribution in [3.8, 4) is 11.3 Å². The molecular weight excluding hydrogens is 431 g/mol. The number of anilines is 1. The van der Waals surface area contributed by atoms with Crippen LogP contribution >= 0.6 is 11.6 Å². The van der Waals surface area contributed by atoms with Gasteiger partial charge in [-0.05, 0) is 50.2 Å². The summed E-state index contributed by atoms with van der Waals surface area (Å²) in [6.45, 7) is 5.43. The van der Waals surface area contributed by atoms with Crippen molar-refractivity contribution in [1.29, 1.82) is 0 Å². The lowest BCUT2D eigenvalue weighted by Gasteiger charge is -2.33. The second-order valence-electron chi connectivity index (χ2n) is 7.76. The number of fused-ring (bicyclic) bond motifs is 1. The molecule has 4 aromatic rings. The monoisotopic (exact) mass is 450 g/mol. The number of aryl methyl sites for hydroxylation is 2. The minimum absolute atomic E-state index is 0.196. The van der Waals surface area contributed by atoms with Gasteiger partial charge in [-0.25, -0.2) is 14.4 Å². The van der Waals surface area contributed by atoms with Crippen molar-refractivity contribution in [2.24, 2.45) is 0 Å². The van der Waals surface area contributed by atoms with Crippen LogP contribution in [0.1, 0.15) is 23.1 Å². The Kier molecular flexibility index (Phi) is 5.40. The molecule has 7 nitrogen and oxygen atoms in total. The van der Waals surface area contributed by atoms with E-state index in [1.165, 1.54) is 6.07 Å². The fourth-order valence-electron chi connectivity index (χ4n) is 3.82. The van der Waals surface area contributed by atoms with Gasteiger partial charge in [0.1, 0.15) is 11.9 Å². The number of rotatable bonds is 3. The Morgan fingerprint density at radius 1 is 1.06 bits per heavy atom. The molecule has 1 atom stereocenters. The molecule has 1 fully saturated rings. The Morgan fingerprint density at radius 2 is 1.94 bits per heavy atom. The first-order valence-electron chi connectivity index (χ1n) is 10.2. The number of benzene rings is 1. The van der Waals surface area contributed by atoms with Crippen molar-refractivity contribution in [3.05, 3.63) is 70.4 Å². The van der Waals surface area contributed by atoms with E-state index in [1.807, 2.05) is 36.9 Å². The van der Waals surface area contributed by atoms with Crippen LogP contribution in [0.3, 0.4) is 0 Å². The maximum absolute atomic E-state index is 14.8. The zero-order chi connectivity index (χ0) is 22.2. The van der Waals surface area contributed by atoms with Crippen LogP contribution in [-0.4, -0.2) is 44.8 Å². The molecule has 1 aliphatic rings. The normalized spacial score (nSPS) is 16.5. The van der Waals surface area contributed by atoms with E-state index in [1.54, 1.807) is 18.3 Å². The number of aromatic nitrogens is 5. The highest BCUT2D eigenvalue weighted by atomic mass is 35.5. The topological polar surface area (TPSA) is 76.9 Å². The van der Waals surface area contributed by atoms with Crippen LogP contribution < -0.4 is 4.90 Å². The Labute approximate surface area is 189 Å². The number of pyridine rings is 1. The van der Waals surface area contributed by atoms with E-state index in [4.69, 9.17) is 26.3 Å². The number of halogens is 2. The van der Waals surface area contributed by atoms with Crippen LogP contribution in [0.2, 0.25) is 5.02 Å². The van der Waals surface area contributed by atoms with E-state index < -0.39 is 5.82 Å². The first kappa shape index (κ1) is 20.7. The number of morpholine rings is 1. The number of ether oxygens (including phenoxy) is 1. The fourth-order valence-corrected chi connectivity index (χ4v) is 3.98. The van der Waals surface area contributed by atoms with Crippen LogP contribution in [0, 0.1) is 19.7 Å². The van der Waals surface area contributed by atoms with Gasteiger partial charge in [0.25, 0.3) is 0 Å². The summed E-state index contributed by atoms with van der Waals surface area (Å²) in [4.78, 5) is 16.1. The van der Waals surface area contributed by atoms with Gasteiger partial charge in [-0.1, -0.05) is 11.6 Å². The SMILES string of the molecule is Cc1cc([C@@H]2CN(c3nc(-c4ccc(Cl)cc4F)c4ccc(C)nc4n3)CCO2)cnn1. The Hall–Kier alpha value is -3.23. The molecule has 4 heterocycles. The molecule has 3 aromatic heterocycles. The first-order chi connectivity index (χ1) is 15.5. The van der Waals surface area contributed by atoms with Crippen molar-refractivity contribution in [2.45, 2.75) is 20.0 Å². The maximum Gasteiger partial charge on any atom is 0.228 e. The first-order valence-corrected chi connectivity index (χ1v) is 10.6. The summed E-state index contributed by atoms with van der Waals surface area (Å²) in [7, 11) is 0. The van der Waals surface area contributed by atoms with Gasteiger partial charge in [-0.2, -0.15) is 15.2 Å². The molecule has 0 aliphatic carbocycles. The molecule has 162 valence electrons. The molecule has 9 heteroatoms. The molecule has 32 heavy (non-hydrogen) atoms. The quantitative estimate of drug-likeness (QED) is 0.455. The van der Waals surface area contributed by atoms with E-state index in [-0.39, 0.29) is 6.10 Å². The molecule has 5 rings (SSSR count). The highest BCUT2D eigenvalue weighted by molar-refractivity contribution is 6.30. The number of nitrogens with zero attached hydrogens (tertiary/aromatic N) is 6. The third kappa shape index (κ3) is 3.99. The predicted molar refractivity (Wildman–Crippen MR) is 120 cm³/mol. The molecule has 0 unspecified atom stereocenters. The van der Waals surface area contributed by atoms with Crippen LogP contribution in [0.5, 0.6) is 0 Å². The van der Waals surface area contributed by atoms with Gasteiger partial charge < -0.3 is 9.64 Å². The van der Waals surface area contributed by atoms with Crippen LogP contribution in [0.25, 0.3) is 22.3 Å².